The van der Waals surface area contributed by atoms with Gasteiger partial charge in [-0.05, 0) is 47.8 Å². The average Bonchev–Trinajstić information content (AvgIpc) is 2.48. The quantitative estimate of drug-likeness (QED) is 0.332. The molecule has 0 spiro atoms. The highest BCUT2D eigenvalue weighted by molar-refractivity contribution is 7.80. The molecule has 0 aliphatic carbocycles. The summed E-state index contributed by atoms with van der Waals surface area (Å²) in [6.45, 7) is 11.5. The third-order valence-electron chi connectivity index (χ3n) is 4.70. The first-order valence-corrected chi connectivity index (χ1v) is 10.2. The first kappa shape index (κ1) is 20.6. The van der Waals surface area contributed by atoms with Crippen LogP contribution in [-0.4, -0.2) is 0 Å². The van der Waals surface area contributed by atoms with Crippen molar-refractivity contribution in [1.29, 1.82) is 0 Å². The summed E-state index contributed by atoms with van der Waals surface area (Å²) in [4.78, 5) is 1.27. The van der Waals surface area contributed by atoms with E-state index in [-0.39, 0.29) is 5.41 Å². The van der Waals surface area contributed by atoms with Crippen molar-refractivity contribution in [2.24, 2.45) is 0 Å². The van der Waals surface area contributed by atoms with Gasteiger partial charge in [0.1, 0.15) is 0 Å². The van der Waals surface area contributed by atoms with Crippen molar-refractivity contribution in [1.82, 2.24) is 0 Å². The third kappa shape index (κ3) is 6.91. The number of hydrogen-bond donors (Lipinski definition) is 1. The number of benzene rings is 1. The topological polar surface area (TPSA) is 0 Å². The Balaban J connectivity index is 2.88. The standard InChI is InChI=1S/C22H38S/c1-6-8-10-12-14-18-16-17-19(15-13-11-9-7-2)21(23)20(18)22(3,4)5/h16-17,23H,6-15H2,1-5H3. The van der Waals surface area contributed by atoms with E-state index in [2.05, 4.69) is 46.8 Å². The molecule has 0 unspecified atom stereocenters. The molecule has 0 atom stereocenters. The van der Waals surface area contributed by atoms with Gasteiger partial charge in [-0.25, -0.2) is 0 Å². The third-order valence-corrected chi connectivity index (χ3v) is 5.21. The molecule has 1 aromatic rings. The molecule has 1 aromatic carbocycles. The van der Waals surface area contributed by atoms with Gasteiger partial charge in [0.15, 0.2) is 0 Å². The van der Waals surface area contributed by atoms with Crippen molar-refractivity contribution >= 4 is 12.6 Å². The molecule has 0 nitrogen and oxygen atoms in total. The molecule has 0 aromatic heterocycles. The largest absolute Gasteiger partial charge is 0.143 e. The van der Waals surface area contributed by atoms with Crippen LogP contribution in [0.25, 0.3) is 0 Å². The van der Waals surface area contributed by atoms with E-state index in [9.17, 15) is 0 Å². The van der Waals surface area contributed by atoms with E-state index >= 15 is 0 Å². The second-order valence-electron chi connectivity index (χ2n) is 7.98. The maximum atomic E-state index is 4.96. The number of thiol groups is 1. The van der Waals surface area contributed by atoms with E-state index in [1.807, 2.05) is 0 Å². The lowest BCUT2D eigenvalue weighted by molar-refractivity contribution is 0.560. The maximum Gasteiger partial charge on any atom is 0.0112 e. The first-order chi connectivity index (χ1) is 10.9. The molecule has 0 aliphatic heterocycles. The van der Waals surface area contributed by atoms with Gasteiger partial charge in [-0.1, -0.05) is 85.3 Å². The van der Waals surface area contributed by atoms with Crippen molar-refractivity contribution in [2.45, 2.75) is 109 Å². The van der Waals surface area contributed by atoms with Gasteiger partial charge in [-0.3, -0.25) is 0 Å². The summed E-state index contributed by atoms with van der Waals surface area (Å²) >= 11 is 4.96. The zero-order valence-corrected chi connectivity index (χ0v) is 17.1. The second kappa shape index (κ2) is 10.4. The van der Waals surface area contributed by atoms with Crippen LogP contribution in [0.2, 0.25) is 0 Å². The first-order valence-electron chi connectivity index (χ1n) is 9.76. The van der Waals surface area contributed by atoms with Crippen LogP contribution in [0, 0.1) is 0 Å². The Labute approximate surface area is 150 Å². The monoisotopic (exact) mass is 334 g/mol. The minimum atomic E-state index is 0.177. The van der Waals surface area contributed by atoms with Gasteiger partial charge in [0, 0.05) is 4.90 Å². The summed E-state index contributed by atoms with van der Waals surface area (Å²) in [6.07, 6.45) is 13.0. The fourth-order valence-corrected chi connectivity index (χ4v) is 4.07. The Bertz CT molecular complexity index is 454. The van der Waals surface area contributed by atoms with Gasteiger partial charge in [-0.2, -0.15) is 0 Å². The van der Waals surface area contributed by atoms with E-state index < -0.39 is 0 Å². The molecule has 23 heavy (non-hydrogen) atoms. The number of hydrogen-bond acceptors (Lipinski definition) is 1. The van der Waals surface area contributed by atoms with Gasteiger partial charge in [0.25, 0.3) is 0 Å². The number of rotatable bonds is 10. The molecule has 132 valence electrons. The molecule has 0 fully saturated rings. The van der Waals surface area contributed by atoms with Crippen LogP contribution in [0.4, 0.5) is 0 Å². The van der Waals surface area contributed by atoms with E-state index in [0.29, 0.717) is 0 Å². The van der Waals surface area contributed by atoms with E-state index in [1.165, 1.54) is 85.8 Å². The summed E-state index contributed by atoms with van der Waals surface area (Å²) in [5, 5.41) is 0. The molecular weight excluding hydrogens is 296 g/mol. The van der Waals surface area contributed by atoms with Crippen molar-refractivity contribution in [3.63, 3.8) is 0 Å². The Morgan fingerprint density at radius 3 is 1.70 bits per heavy atom. The zero-order chi connectivity index (χ0) is 17.3. The van der Waals surface area contributed by atoms with Crippen LogP contribution < -0.4 is 0 Å². The molecule has 0 saturated carbocycles. The fraction of sp³-hybridized carbons (Fsp3) is 0.727. The molecule has 1 heteroatoms. The molecule has 0 radical (unpaired) electrons. The second-order valence-corrected chi connectivity index (χ2v) is 8.43. The van der Waals surface area contributed by atoms with Gasteiger partial charge < -0.3 is 0 Å². The molecule has 0 heterocycles. The molecule has 1 rings (SSSR count). The Kier molecular flexibility index (Phi) is 9.36. The predicted molar refractivity (Wildman–Crippen MR) is 108 cm³/mol. The minimum absolute atomic E-state index is 0.177. The maximum absolute atomic E-state index is 4.96. The van der Waals surface area contributed by atoms with Crippen molar-refractivity contribution < 1.29 is 0 Å². The van der Waals surface area contributed by atoms with E-state index in [1.54, 1.807) is 0 Å². The summed E-state index contributed by atoms with van der Waals surface area (Å²) < 4.78 is 0. The van der Waals surface area contributed by atoms with Gasteiger partial charge in [0.05, 0.1) is 0 Å². The lowest BCUT2D eigenvalue weighted by Gasteiger charge is -2.27. The summed E-state index contributed by atoms with van der Waals surface area (Å²) in [6, 6.07) is 4.74. The summed E-state index contributed by atoms with van der Waals surface area (Å²) in [5.41, 5.74) is 4.64. The van der Waals surface area contributed by atoms with Gasteiger partial charge in [0.2, 0.25) is 0 Å². The SMILES string of the molecule is CCCCCCc1ccc(CCCCCC)c(C(C)(C)C)c1S. The van der Waals surface area contributed by atoms with E-state index in [0.717, 1.165) is 0 Å². The zero-order valence-electron chi connectivity index (χ0n) is 16.2. The smallest absolute Gasteiger partial charge is 0.0112 e. The molecule has 0 aliphatic rings. The summed E-state index contributed by atoms with van der Waals surface area (Å²) in [5.74, 6) is 0. The Hall–Kier alpha value is -0.430. The highest BCUT2D eigenvalue weighted by Crippen LogP contribution is 2.35. The highest BCUT2D eigenvalue weighted by Gasteiger charge is 2.22. The van der Waals surface area contributed by atoms with Crippen LogP contribution in [0.5, 0.6) is 0 Å². The minimum Gasteiger partial charge on any atom is -0.143 e. The van der Waals surface area contributed by atoms with Crippen LogP contribution in [0.15, 0.2) is 17.0 Å². The molecular formula is C22H38S. The van der Waals surface area contributed by atoms with Crippen molar-refractivity contribution in [2.75, 3.05) is 0 Å². The molecule has 0 N–H and O–H groups in total. The van der Waals surface area contributed by atoms with E-state index in [4.69, 9.17) is 12.6 Å². The molecule has 0 amide bonds. The molecule has 0 saturated heterocycles. The number of aryl methyl sites for hydroxylation is 2. The normalized spacial score (nSPS) is 11.9. The Morgan fingerprint density at radius 2 is 1.22 bits per heavy atom. The Morgan fingerprint density at radius 1 is 0.739 bits per heavy atom. The van der Waals surface area contributed by atoms with Gasteiger partial charge >= 0.3 is 0 Å². The van der Waals surface area contributed by atoms with Crippen LogP contribution in [0.1, 0.15) is 103 Å². The lowest BCUT2D eigenvalue weighted by Crippen LogP contribution is -2.16. The predicted octanol–water partition coefficient (Wildman–Crippen LogP) is 7.52. The van der Waals surface area contributed by atoms with Crippen LogP contribution >= 0.6 is 12.6 Å². The van der Waals surface area contributed by atoms with Crippen LogP contribution in [0.3, 0.4) is 0 Å². The lowest BCUT2D eigenvalue weighted by atomic mass is 9.81. The summed E-state index contributed by atoms with van der Waals surface area (Å²) in [7, 11) is 0. The van der Waals surface area contributed by atoms with Crippen molar-refractivity contribution in [3.05, 3.63) is 28.8 Å². The van der Waals surface area contributed by atoms with Crippen LogP contribution in [-0.2, 0) is 18.3 Å². The highest BCUT2D eigenvalue weighted by atomic mass is 32.1. The number of unbranched alkanes of at least 4 members (excludes halogenated alkanes) is 6. The van der Waals surface area contributed by atoms with Crippen molar-refractivity contribution in [3.8, 4) is 0 Å². The molecule has 0 bridgehead atoms. The fourth-order valence-electron chi connectivity index (χ4n) is 3.41. The average molecular weight is 335 g/mol. The van der Waals surface area contributed by atoms with Gasteiger partial charge in [-0.15, -0.1) is 12.6 Å².